The zero-order valence-electron chi connectivity index (χ0n) is 11.4. The normalized spacial score (nSPS) is 9.70. The van der Waals surface area contributed by atoms with Crippen molar-refractivity contribution in [2.24, 2.45) is 5.73 Å². The Morgan fingerprint density at radius 3 is 2.55 bits per heavy atom. The Bertz CT molecular complexity index is 516. The van der Waals surface area contributed by atoms with Crippen LogP contribution in [0, 0.1) is 0 Å². The maximum atomic E-state index is 11.6. The van der Waals surface area contributed by atoms with Gasteiger partial charge >= 0.3 is 12.0 Å². The van der Waals surface area contributed by atoms with Gasteiger partial charge in [0.2, 0.25) is 5.91 Å². The summed E-state index contributed by atoms with van der Waals surface area (Å²) < 4.78 is 4.70. The van der Waals surface area contributed by atoms with Crippen LogP contribution in [0.5, 0.6) is 0 Å². The van der Waals surface area contributed by atoms with Gasteiger partial charge in [-0.2, -0.15) is 0 Å². The third-order valence-corrected chi connectivity index (χ3v) is 2.66. The summed E-state index contributed by atoms with van der Waals surface area (Å²) in [4.78, 5) is 35.2. The first-order chi connectivity index (χ1) is 9.45. The van der Waals surface area contributed by atoms with Crippen LogP contribution >= 0.6 is 0 Å². The molecule has 0 spiro atoms. The molecule has 0 bridgehead atoms. The number of primary amides is 1. The number of para-hydroxylation sites is 1. The summed E-state index contributed by atoms with van der Waals surface area (Å²) in [6, 6.07) is 6.01. The molecule has 0 aliphatic heterocycles. The van der Waals surface area contributed by atoms with Crippen molar-refractivity contribution in [3.05, 3.63) is 29.8 Å². The van der Waals surface area contributed by atoms with Gasteiger partial charge in [-0.1, -0.05) is 12.1 Å². The maximum Gasteiger partial charge on any atom is 0.339 e. The Hall–Kier alpha value is -2.57. The number of amides is 3. The monoisotopic (exact) mass is 279 g/mol. The number of ether oxygens (including phenoxy) is 1. The van der Waals surface area contributed by atoms with Gasteiger partial charge in [-0.15, -0.1) is 0 Å². The second-order valence-corrected chi connectivity index (χ2v) is 4.09. The van der Waals surface area contributed by atoms with E-state index in [1.807, 2.05) is 5.32 Å². The molecular weight excluding hydrogens is 262 g/mol. The number of carbonyl (C=O) groups excluding carboxylic acids is 3. The first kappa shape index (κ1) is 15.5. The second kappa shape index (κ2) is 7.13. The number of nitrogens with two attached hydrogens (primary N) is 1. The molecule has 0 radical (unpaired) electrons. The van der Waals surface area contributed by atoms with Crippen LogP contribution in [0.15, 0.2) is 24.3 Å². The number of esters is 1. The van der Waals surface area contributed by atoms with E-state index in [4.69, 9.17) is 10.5 Å². The third-order valence-electron chi connectivity index (χ3n) is 2.66. The molecule has 7 nitrogen and oxygen atoms in total. The highest BCUT2D eigenvalue weighted by atomic mass is 16.5. The summed E-state index contributed by atoms with van der Waals surface area (Å²) in [5.41, 5.74) is 5.90. The van der Waals surface area contributed by atoms with Gasteiger partial charge in [0, 0.05) is 20.0 Å². The highest BCUT2D eigenvalue weighted by Crippen LogP contribution is 2.20. The Kier molecular flexibility index (Phi) is 5.52. The number of nitrogens with one attached hydrogen (secondary N) is 1. The van der Waals surface area contributed by atoms with E-state index in [1.165, 1.54) is 7.11 Å². The standard InChI is InChI=1S/C13H17N3O4/c1-16(8-7-11(17)15-13(14)19)10-6-4-3-5-9(10)12(18)20-2/h3-6H,7-8H2,1-2H3,(H3,14,15,17,19). The van der Waals surface area contributed by atoms with Gasteiger partial charge in [-0.3, -0.25) is 10.1 Å². The highest BCUT2D eigenvalue weighted by molar-refractivity contribution is 5.96. The minimum Gasteiger partial charge on any atom is -0.465 e. The van der Waals surface area contributed by atoms with Crippen molar-refractivity contribution >= 4 is 23.6 Å². The average Bonchev–Trinajstić information content (AvgIpc) is 2.43. The van der Waals surface area contributed by atoms with E-state index >= 15 is 0 Å². The van der Waals surface area contributed by atoms with Gasteiger partial charge in [-0.05, 0) is 12.1 Å². The number of nitrogens with zero attached hydrogens (tertiary/aromatic N) is 1. The van der Waals surface area contributed by atoms with E-state index in [-0.39, 0.29) is 6.42 Å². The molecule has 0 aliphatic rings. The molecule has 3 amide bonds. The Morgan fingerprint density at radius 2 is 1.95 bits per heavy atom. The lowest BCUT2D eigenvalue weighted by atomic mass is 10.1. The molecular formula is C13H17N3O4. The molecule has 1 aromatic rings. The van der Waals surface area contributed by atoms with Crippen molar-refractivity contribution < 1.29 is 19.1 Å². The van der Waals surface area contributed by atoms with E-state index in [1.54, 1.807) is 36.2 Å². The van der Waals surface area contributed by atoms with E-state index < -0.39 is 17.9 Å². The number of hydrogen-bond donors (Lipinski definition) is 2. The lowest BCUT2D eigenvalue weighted by molar-refractivity contribution is -0.119. The van der Waals surface area contributed by atoms with Crippen molar-refractivity contribution in [1.82, 2.24) is 5.32 Å². The maximum absolute atomic E-state index is 11.6. The van der Waals surface area contributed by atoms with Crippen LogP contribution in [-0.2, 0) is 9.53 Å². The molecule has 0 aromatic heterocycles. The predicted molar refractivity (Wildman–Crippen MR) is 73.4 cm³/mol. The topological polar surface area (TPSA) is 102 Å². The minimum atomic E-state index is -0.882. The van der Waals surface area contributed by atoms with Gasteiger partial charge in [0.1, 0.15) is 0 Å². The lowest BCUT2D eigenvalue weighted by Crippen LogP contribution is -2.36. The fraction of sp³-hybridized carbons (Fsp3) is 0.308. The number of anilines is 1. The molecule has 0 heterocycles. The molecule has 1 aromatic carbocycles. The number of carbonyl (C=O) groups is 3. The van der Waals surface area contributed by atoms with Crippen molar-refractivity contribution in [1.29, 1.82) is 0 Å². The largest absolute Gasteiger partial charge is 0.465 e. The fourth-order valence-corrected chi connectivity index (χ4v) is 1.68. The molecule has 3 N–H and O–H groups in total. The Morgan fingerprint density at radius 1 is 1.30 bits per heavy atom. The summed E-state index contributed by atoms with van der Waals surface area (Å²) in [7, 11) is 3.04. The van der Waals surface area contributed by atoms with Gasteiger partial charge in [0.15, 0.2) is 0 Å². The fourth-order valence-electron chi connectivity index (χ4n) is 1.68. The first-order valence-corrected chi connectivity index (χ1v) is 5.93. The predicted octanol–water partition coefficient (Wildman–Crippen LogP) is 0.494. The van der Waals surface area contributed by atoms with Crippen molar-refractivity contribution in [2.45, 2.75) is 6.42 Å². The van der Waals surface area contributed by atoms with Crippen LogP contribution in [0.2, 0.25) is 0 Å². The second-order valence-electron chi connectivity index (χ2n) is 4.09. The number of benzene rings is 1. The molecule has 0 aliphatic carbocycles. The summed E-state index contributed by atoms with van der Waals surface area (Å²) in [6.45, 7) is 0.327. The van der Waals surface area contributed by atoms with Crippen molar-refractivity contribution in [3.8, 4) is 0 Å². The average molecular weight is 279 g/mol. The SMILES string of the molecule is COC(=O)c1ccccc1N(C)CCC(=O)NC(N)=O. The lowest BCUT2D eigenvalue weighted by Gasteiger charge is -2.21. The van der Waals surface area contributed by atoms with Crippen LogP contribution in [0.4, 0.5) is 10.5 Å². The molecule has 7 heteroatoms. The number of methoxy groups -OCH3 is 1. The van der Waals surface area contributed by atoms with Crippen LogP contribution < -0.4 is 16.0 Å². The molecule has 0 unspecified atom stereocenters. The molecule has 0 fully saturated rings. The number of urea groups is 1. The van der Waals surface area contributed by atoms with E-state index in [0.717, 1.165) is 0 Å². The molecule has 108 valence electrons. The van der Waals surface area contributed by atoms with Gasteiger partial charge < -0.3 is 15.4 Å². The van der Waals surface area contributed by atoms with Crippen molar-refractivity contribution in [3.63, 3.8) is 0 Å². The van der Waals surface area contributed by atoms with Gasteiger partial charge in [0.05, 0.1) is 18.4 Å². The van der Waals surface area contributed by atoms with Crippen molar-refractivity contribution in [2.75, 3.05) is 25.6 Å². The molecule has 0 atom stereocenters. The summed E-state index contributed by atoms with van der Waals surface area (Å²) in [5.74, 6) is -0.922. The van der Waals surface area contributed by atoms with Gasteiger partial charge in [0.25, 0.3) is 0 Å². The van der Waals surface area contributed by atoms with Crippen LogP contribution in [0.3, 0.4) is 0 Å². The number of hydrogen-bond acceptors (Lipinski definition) is 5. The number of imide groups is 1. The minimum absolute atomic E-state index is 0.0783. The molecule has 20 heavy (non-hydrogen) atoms. The quantitative estimate of drug-likeness (QED) is 0.764. The van der Waals surface area contributed by atoms with Crippen LogP contribution in [0.1, 0.15) is 16.8 Å². The van der Waals surface area contributed by atoms with E-state index in [2.05, 4.69) is 0 Å². The molecule has 0 saturated carbocycles. The Labute approximate surface area is 116 Å². The smallest absolute Gasteiger partial charge is 0.339 e. The third kappa shape index (κ3) is 4.27. The van der Waals surface area contributed by atoms with Crippen LogP contribution in [-0.4, -0.2) is 38.6 Å². The zero-order valence-corrected chi connectivity index (χ0v) is 11.4. The Balaban J connectivity index is 2.73. The van der Waals surface area contributed by atoms with Gasteiger partial charge in [-0.25, -0.2) is 9.59 Å². The van der Waals surface area contributed by atoms with E-state index in [9.17, 15) is 14.4 Å². The highest BCUT2D eigenvalue weighted by Gasteiger charge is 2.15. The molecule has 1 rings (SSSR count). The summed E-state index contributed by atoms with van der Waals surface area (Å²) in [5, 5.41) is 1.98. The zero-order chi connectivity index (χ0) is 15.1. The number of rotatable bonds is 5. The van der Waals surface area contributed by atoms with Crippen LogP contribution in [0.25, 0.3) is 0 Å². The summed E-state index contributed by atoms with van der Waals surface area (Å²) >= 11 is 0. The van der Waals surface area contributed by atoms with E-state index in [0.29, 0.717) is 17.8 Å². The first-order valence-electron chi connectivity index (χ1n) is 5.93. The molecule has 0 saturated heterocycles. The summed E-state index contributed by atoms with van der Waals surface area (Å²) in [6.07, 6.45) is 0.0783.